The molecule has 1 N–H and O–H groups in total. The molecule has 0 spiro atoms. The van der Waals surface area contributed by atoms with E-state index in [4.69, 9.17) is 4.74 Å². The van der Waals surface area contributed by atoms with Crippen LogP contribution in [-0.4, -0.2) is 43.3 Å². The van der Waals surface area contributed by atoms with E-state index in [1.165, 1.54) is 19.3 Å². The first-order valence-corrected chi connectivity index (χ1v) is 7.59. The molecule has 2 bridgehead atoms. The minimum atomic E-state index is 0.0584. The maximum atomic E-state index is 11.5. The van der Waals surface area contributed by atoms with E-state index in [-0.39, 0.29) is 6.03 Å². The standard InChI is InChI=1S/C15H26N2O2/c1-14(2)11-4-5-15(14,3)12(10-11)19-9-8-17-7-6-16-13(17)18/h11-12H,4-10H2,1-3H3,(H,16,18)/t11-,12-,15+/m0/s1. The van der Waals surface area contributed by atoms with Gasteiger partial charge in [0.1, 0.15) is 0 Å². The van der Waals surface area contributed by atoms with Gasteiger partial charge in [-0.05, 0) is 36.0 Å². The SMILES string of the molecule is CC1(C)[C@H]2CC[C@]1(C)[C@@H](OCCN1CCNC1=O)C2. The molecule has 0 aromatic heterocycles. The van der Waals surface area contributed by atoms with Crippen molar-refractivity contribution < 1.29 is 9.53 Å². The maximum Gasteiger partial charge on any atom is 0.317 e. The van der Waals surface area contributed by atoms with E-state index >= 15 is 0 Å². The van der Waals surface area contributed by atoms with Crippen LogP contribution in [0.4, 0.5) is 4.79 Å². The molecular weight excluding hydrogens is 240 g/mol. The molecule has 1 aliphatic heterocycles. The van der Waals surface area contributed by atoms with Crippen LogP contribution >= 0.6 is 0 Å². The molecule has 0 radical (unpaired) electrons. The van der Waals surface area contributed by atoms with Crippen LogP contribution in [-0.2, 0) is 4.74 Å². The van der Waals surface area contributed by atoms with Gasteiger partial charge in [0.15, 0.2) is 0 Å². The number of rotatable bonds is 4. The van der Waals surface area contributed by atoms with Crippen molar-refractivity contribution >= 4 is 6.03 Å². The molecular formula is C15H26N2O2. The zero-order chi connectivity index (χ0) is 13.7. The second kappa shape index (κ2) is 4.37. The Kier molecular flexibility index (Phi) is 3.04. The summed E-state index contributed by atoms with van der Waals surface area (Å²) in [4.78, 5) is 13.3. The largest absolute Gasteiger partial charge is 0.376 e. The fraction of sp³-hybridized carbons (Fsp3) is 0.933. The van der Waals surface area contributed by atoms with Gasteiger partial charge >= 0.3 is 6.03 Å². The van der Waals surface area contributed by atoms with Gasteiger partial charge in [0.25, 0.3) is 0 Å². The summed E-state index contributed by atoms with van der Waals surface area (Å²) in [5.74, 6) is 0.817. The topological polar surface area (TPSA) is 41.6 Å². The van der Waals surface area contributed by atoms with E-state index < -0.39 is 0 Å². The van der Waals surface area contributed by atoms with Crippen molar-refractivity contribution in [3.05, 3.63) is 0 Å². The zero-order valence-corrected chi connectivity index (χ0v) is 12.4. The van der Waals surface area contributed by atoms with E-state index in [0.29, 0.717) is 23.5 Å². The van der Waals surface area contributed by atoms with Crippen molar-refractivity contribution in [2.45, 2.75) is 46.1 Å². The molecule has 0 aromatic carbocycles. The van der Waals surface area contributed by atoms with Gasteiger partial charge in [0, 0.05) is 19.6 Å². The molecule has 1 saturated heterocycles. The highest BCUT2D eigenvalue weighted by atomic mass is 16.5. The second-order valence-electron chi connectivity index (χ2n) is 7.19. The van der Waals surface area contributed by atoms with Crippen molar-refractivity contribution in [3.63, 3.8) is 0 Å². The highest BCUT2D eigenvalue weighted by Gasteiger charge is 2.61. The number of amides is 2. The number of ether oxygens (including phenoxy) is 1. The fourth-order valence-electron chi connectivity index (χ4n) is 4.41. The average Bonchev–Trinajstić information content (AvgIpc) is 2.91. The summed E-state index contributed by atoms with van der Waals surface area (Å²) in [5.41, 5.74) is 0.730. The molecule has 2 aliphatic carbocycles. The Hall–Kier alpha value is -0.770. The highest BCUT2D eigenvalue weighted by molar-refractivity contribution is 5.76. The molecule has 3 fully saturated rings. The number of urea groups is 1. The van der Waals surface area contributed by atoms with Gasteiger partial charge in [-0.25, -0.2) is 4.79 Å². The molecule has 0 unspecified atom stereocenters. The number of nitrogens with one attached hydrogen (secondary N) is 1. The molecule has 19 heavy (non-hydrogen) atoms. The smallest absolute Gasteiger partial charge is 0.317 e. The van der Waals surface area contributed by atoms with Gasteiger partial charge in [-0.15, -0.1) is 0 Å². The number of fused-ring (bicyclic) bond motifs is 2. The average molecular weight is 266 g/mol. The lowest BCUT2D eigenvalue weighted by Crippen LogP contribution is -2.39. The van der Waals surface area contributed by atoms with E-state index in [0.717, 1.165) is 25.6 Å². The lowest BCUT2D eigenvalue weighted by molar-refractivity contribution is -0.0490. The third-order valence-electron chi connectivity index (χ3n) is 6.34. The van der Waals surface area contributed by atoms with Crippen molar-refractivity contribution in [3.8, 4) is 0 Å². The van der Waals surface area contributed by atoms with Gasteiger partial charge in [-0.2, -0.15) is 0 Å². The monoisotopic (exact) mass is 266 g/mol. The minimum Gasteiger partial charge on any atom is -0.376 e. The van der Waals surface area contributed by atoms with Crippen LogP contribution in [0, 0.1) is 16.7 Å². The number of carbonyl (C=O) groups is 1. The second-order valence-corrected chi connectivity index (χ2v) is 7.19. The predicted molar refractivity (Wildman–Crippen MR) is 73.9 cm³/mol. The first-order chi connectivity index (χ1) is 8.95. The molecule has 2 saturated carbocycles. The molecule has 108 valence electrons. The normalized spacial score (nSPS) is 39.9. The highest BCUT2D eigenvalue weighted by Crippen LogP contribution is 2.66. The Morgan fingerprint density at radius 3 is 2.74 bits per heavy atom. The number of hydrogen-bond acceptors (Lipinski definition) is 2. The van der Waals surface area contributed by atoms with Crippen LogP contribution in [0.1, 0.15) is 40.0 Å². The van der Waals surface area contributed by atoms with Crippen LogP contribution in [0.3, 0.4) is 0 Å². The van der Waals surface area contributed by atoms with Gasteiger partial charge in [0.2, 0.25) is 0 Å². The minimum absolute atomic E-state index is 0.0584. The first kappa shape index (κ1) is 13.2. The Morgan fingerprint density at radius 2 is 2.21 bits per heavy atom. The molecule has 4 nitrogen and oxygen atoms in total. The summed E-state index contributed by atoms with van der Waals surface area (Å²) in [6.07, 6.45) is 4.24. The molecule has 3 atom stereocenters. The molecule has 2 amide bonds. The quantitative estimate of drug-likeness (QED) is 0.848. The Bertz CT molecular complexity index is 382. The van der Waals surface area contributed by atoms with Gasteiger partial charge in [-0.1, -0.05) is 20.8 Å². The van der Waals surface area contributed by atoms with Crippen LogP contribution in [0.25, 0.3) is 0 Å². The zero-order valence-electron chi connectivity index (χ0n) is 12.4. The van der Waals surface area contributed by atoms with Gasteiger partial charge < -0.3 is 15.0 Å². The van der Waals surface area contributed by atoms with Crippen molar-refractivity contribution in [1.82, 2.24) is 10.2 Å². The molecule has 4 heteroatoms. The third-order valence-corrected chi connectivity index (χ3v) is 6.34. The van der Waals surface area contributed by atoms with Crippen LogP contribution < -0.4 is 5.32 Å². The fourth-order valence-corrected chi connectivity index (χ4v) is 4.41. The number of hydrogen-bond donors (Lipinski definition) is 1. The molecule has 0 aromatic rings. The lowest BCUT2D eigenvalue weighted by atomic mass is 9.70. The molecule has 3 aliphatic rings. The third kappa shape index (κ3) is 1.87. The van der Waals surface area contributed by atoms with Crippen molar-refractivity contribution in [2.75, 3.05) is 26.2 Å². The molecule has 3 rings (SSSR count). The van der Waals surface area contributed by atoms with Crippen LogP contribution in [0.5, 0.6) is 0 Å². The predicted octanol–water partition coefficient (Wildman–Crippen LogP) is 2.24. The van der Waals surface area contributed by atoms with Crippen molar-refractivity contribution in [2.24, 2.45) is 16.7 Å². The van der Waals surface area contributed by atoms with E-state index in [2.05, 4.69) is 26.1 Å². The van der Waals surface area contributed by atoms with Crippen LogP contribution in [0.15, 0.2) is 0 Å². The van der Waals surface area contributed by atoms with E-state index in [1.54, 1.807) is 0 Å². The van der Waals surface area contributed by atoms with E-state index in [1.807, 2.05) is 4.90 Å². The Labute approximate surface area is 115 Å². The summed E-state index contributed by atoms with van der Waals surface area (Å²) in [5, 5.41) is 2.83. The summed E-state index contributed by atoms with van der Waals surface area (Å²) in [6.45, 7) is 10.2. The Morgan fingerprint density at radius 1 is 1.42 bits per heavy atom. The summed E-state index contributed by atoms with van der Waals surface area (Å²) in [7, 11) is 0. The summed E-state index contributed by atoms with van der Waals surface area (Å²) >= 11 is 0. The number of nitrogens with zero attached hydrogens (tertiary/aromatic N) is 1. The van der Waals surface area contributed by atoms with Crippen molar-refractivity contribution in [1.29, 1.82) is 0 Å². The van der Waals surface area contributed by atoms with Crippen LogP contribution in [0.2, 0.25) is 0 Å². The Balaban J connectivity index is 1.53. The molecule has 1 heterocycles. The van der Waals surface area contributed by atoms with Gasteiger partial charge in [0.05, 0.1) is 12.7 Å². The first-order valence-electron chi connectivity index (χ1n) is 7.59. The summed E-state index contributed by atoms with van der Waals surface area (Å²) in [6, 6.07) is 0.0584. The van der Waals surface area contributed by atoms with E-state index in [9.17, 15) is 4.79 Å². The lowest BCUT2D eigenvalue weighted by Gasteiger charge is -2.39. The number of carbonyl (C=O) groups excluding carboxylic acids is 1. The maximum absolute atomic E-state index is 11.5. The summed E-state index contributed by atoms with van der Waals surface area (Å²) < 4.78 is 6.16. The van der Waals surface area contributed by atoms with Gasteiger partial charge in [-0.3, -0.25) is 0 Å².